The third-order valence-electron chi connectivity index (χ3n) is 8.76. The molecule has 0 radical (unpaired) electrons. The summed E-state index contributed by atoms with van der Waals surface area (Å²) in [7, 11) is 1.37. The van der Waals surface area contributed by atoms with Gasteiger partial charge in [0.25, 0.3) is 5.91 Å². The number of carboxylic acids is 1. The summed E-state index contributed by atoms with van der Waals surface area (Å²) in [6.07, 6.45) is 7.16. The van der Waals surface area contributed by atoms with Gasteiger partial charge in [-0.3, -0.25) is 14.4 Å². The highest BCUT2D eigenvalue weighted by atomic mass is 19.1. The topological polar surface area (TPSA) is 114 Å². The molecule has 37 heavy (non-hydrogen) atoms. The molecule has 3 N–H and O–H groups in total. The molecule has 1 aromatic carbocycles. The third-order valence-corrected chi connectivity index (χ3v) is 8.76. The molecule has 3 saturated carbocycles. The molecule has 9 heteroatoms. The van der Waals surface area contributed by atoms with Crippen molar-refractivity contribution in [2.75, 3.05) is 13.7 Å². The van der Waals surface area contributed by atoms with E-state index in [4.69, 9.17) is 9.47 Å². The van der Waals surface area contributed by atoms with Gasteiger partial charge in [-0.05, 0) is 69.8 Å². The van der Waals surface area contributed by atoms with Crippen LogP contribution in [0.1, 0.15) is 88.4 Å². The van der Waals surface area contributed by atoms with E-state index in [9.17, 15) is 23.9 Å². The van der Waals surface area contributed by atoms with Crippen LogP contribution in [0.4, 0.5) is 4.39 Å². The molecule has 0 bridgehead atoms. The quantitative estimate of drug-likeness (QED) is 0.445. The molecule has 8 nitrogen and oxygen atoms in total. The number of aliphatic carboxylic acids is 1. The summed E-state index contributed by atoms with van der Waals surface area (Å²) in [5.74, 6) is -2.25. The van der Waals surface area contributed by atoms with E-state index >= 15 is 0 Å². The predicted octanol–water partition coefficient (Wildman–Crippen LogP) is 4.45. The summed E-state index contributed by atoms with van der Waals surface area (Å²) in [5, 5.41) is 15.5. The Hall–Kier alpha value is -2.84. The lowest BCUT2D eigenvalue weighted by Crippen LogP contribution is -2.47. The molecular weight excluding hydrogens is 479 g/mol. The van der Waals surface area contributed by atoms with Gasteiger partial charge in [0.1, 0.15) is 5.75 Å². The number of carbonyl (C=O) groups is 3. The first-order valence-electron chi connectivity index (χ1n) is 13.4. The molecule has 0 unspecified atom stereocenters. The smallest absolute Gasteiger partial charge is 0.309 e. The molecule has 0 heterocycles. The first-order valence-corrected chi connectivity index (χ1v) is 13.4. The lowest BCUT2D eigenvalue weighted by molar-refractivity contribution is -0.150. The second-order valence-corrected chi connectivity index (χ2v) is 11.7. The van der Waals surface area contributed by atoms with Crippen LogP contribution in [0.15, 0.2) is 12.1 Å². The van der Waals surface area contributed by atoms with Crippen LogP contribution in [0.2, 0.25) is 0 Å². The number of carbonyl (C=O) groups excluding carboxylic acids is 2. The minimum Gasteiger partial charge on any atom is -0.496 e. The molecule has 0 saturated heterocycles. The van der Waals surface area contributed by atoms with Gasteiger partial charge in [-0.1, -0.05) is 19.8 Å². The van der Waals surface area contributed by atoms with Gasteiger partial charge in [-0.2, -0.15) is 0 Å². The Kier molecular flexibility index (Phi) is 7.99. The number of amides is 2. The van der Waals surface area contributed by atoms with E-state index in [0.717, 1.165) is 25.3 Å². The number of ether oxygens (including phenoxy) is 2. The van der Waals surface area contributed by atoms with Gasteiger partial charge in [0, 0.05) is 18.7 Å². The van der Waals surface area contributed by atoms with Crippen molar-refractivity contribution in [3.63, 3.8) is 0 Å². The Morgan fingerprint density at radius 3 is 2.32 bits per heavy atom. The molecule has 2 amide bonds. The molecule has 3 aliphatic carbocycles. The zero-order chi connectivity index (χ0) is 26.8. The van der Waals surface area contributed by atoms with Crippen molar-refractivity contribution >= 4 is 17.8 Å². The van der Waals surface area contributed by atoms with Crippen molar-refractivity contribution in [2.24, 2.45) is 16.7 Å². The molecule has 3 aliphatic rings. The second-order valence-electron chi connectivity index (χ2n) is 11.7. The molecule has 4 rings (SSSR count). The number of methoxy groups -OCH3 is 1. The highest BCUT2D eigenvalue weighted by Gasteiger charge is 2.39. The fourth-order valence-electron chi connectivity index (χ4n) is 5.79. The Morgan fingerprint density at radius 1 is 1.03 bits per heavy atom. The molecule has 204 valence electrons. The fourth-order valence-corrected chi connectivity index (χ4v) is 5.79. The summed E-state index contributed by atoms with van der Waals surface area (Å²) in [4.78, 5) is 37.7. The van der Waals surface area contributed by atoms with Gasteiger partial charge in [-0.25, -0.2) is 4.39 Å². The minimum absolute atomic E-state index is 0.0309. The van der Waals surface area contributed by atoms with Crippen molar-refractivity contribution in [1.82, 2.24) is 10.6 Å². The Labute approximate surface area is 217 Å². The van der Waals surface area contributed by atoms with Gasteiger partial charge in [0.15, 0.2) is 11.6 Å². The van der Waals surface area contributed by atoms with Crippen LogP contribution in [0.3, 0.4) is 0 Å². The molecule has 2 atom stereocenters. The van der Waals surface area contributed by atoms with Crippen LogP contribution in [0.25, 0.3) is 0 Å². The fraction of sp³-hybridized carbons (Fsp3) is 0.679. The van der Waals surface area contributed by atoms with Crippen molar-refractivity contribution in [3.05, 3.63) is 23.5 Å². The highest BCUT2D eigenvalue weighted by molar-refractivity contribution is 5.98. The van der Waals surface area contributed by atoms with E-state index in [-0.39, 0.29) is 46.4 Å². The van der Waals surface area contributed by atoms with Gasteiger partial charge in [0.2, 0.25) is 5.91 Å². The van der Waals surface area contributed by atoms with Crippen LogP contribution in [0, 0.1) is 22.6 Å². The van der Waals surface area contributed by atoms with E-state index in [1.165, 1.54) is 19.6 Å². The monoisotopic (exact) mass is 518 g/mol. The molecular formula is C28H39FN2O6. The SMILES string of the molecule is COc1cc(F)c(O[C@H]2CC[C@@](C)(C(=O)O)CC2)cc1C(=O)N[C@@H]1CCC[C@@H]1C(=O)NCC1(C)CCC1. The van der Waals surface area contributed by atoms with Gasteiger partial charge >= 0.3 is 5.97 Å². The number of nitrogens with one attached hydrogen (secondary N) is 2. The first-order chi connectivity index (χ1) is 17.5. The third kappa shape index (κ3) is 6.02. The van der Waals surface area contributed by atoms with E-state index < -0.39 is 23.1 Å². The Morgan fingerprint density at radius 2 is 1.73 bits per heavy atom. The zero-order valence-corrected chi connectivity index (χ0v) is 22.0. The Balaban J connectivity index is 1.41. The van der Waals surface area contributed by atoms with E-state index in [1.54, 1.807) is 6.92 Å². The number of carboxylic acid groups (broad SMARTS) is 1. The largest absolute Gasteiger partial charge is 0.496 e. The lowest BCUT2D eigenvalue weighted by Gasteiger charge is -2.38. The van der Waals surface area contributed by atoms with E-state index in [2.05, 4.69) is 17.6 Å². The maximum Gasteiger partial charge on any atom is 0.309 e. The summed E-state index contributed by atoms with van der Waals surface area (Å²) in [6, 6.07) is 2.16. The van der Waals surface area contributed by atoms with Gasteiger partial charge in [0.05, 0.1) is 30.1 Å². The van der Waals surface area contributed by atoms with Crippen LogP contribution >= 0.6 is 0 Å². The molecule has 1 aromatic rings. The van der Waals surface area contributed by atoms with Crippen molar-refractivity contribution in [2.45, 2.75) is 90.2 Å². The highest BCUT2D eigenvalue weighted by Crippen LogP contribution is 2.40. The maximum absolute atomic E-state index is 14.8. The number of hydrogen-bond donors (Lipinski definition) is 3. The predicted molar refractivity (Wildman–Crippen MR) is 135 cm³/mol. The minimum atomic E-state index is -0.836. The number of hydrogen-bond acceptors (Lipinski definition) is 5. The van der Waals surface area contributed by atoms with Crippen LogP contribution < -0.4 is 20.1 Å². The van der Waals surface area contributed by atoms with Gasteiger partial charge < -0.3 is 25.2 Å². The summed E-state index contributed by atoms with van der Waals surface area (Å²) < 4.78 is 26.0. The van der Waals surface area contributed by atoms with E-state index in [0.29, 0.717) is 45.1 Å². The summed E-state index contributed by atoms with van der Waals surface area (Å²) in [5.41, 5.74) is -0.489. The lowest BCUT2D eigenvalue weighted by atomic mass is 9.70. The maximum atomic E-state index is 14.8. The van der Waals surface area contributed by atoms with Crippen LogP contribution in [0.5, 0.6) is 11.5 Å². The zero-order valence-electron chi connectivity index (χ0n) is 22.0. The average molecular weight is 519 g/mol. The number of halogens is 1. The summed E-state index contributed by atoms with van der Waals surface area (Å²) >= 11 is 0. The molecule has 0 aliphatic heterocycles. The van der Waals surface area contributed by atoms with Crippen LogP contribution in [-0.2, 0) is 9.59 Å². The second kappa shape index (κ2) is 10.9. The van der Waals surface area contributed by atoms with E-state index in [1.807, 2.05) is 0 Å². The molecule has 0 spiro atoms. The van der Waals surface area contributed by atoms with Crippen molar-refractivity contribution < 1.29 is 33.4 Å². The average Bonchev–Trinajstić information content (AvgIpc) is 3.31. The van der Waals surface area contributed by atoms with Crippen molar-refractivity contribution in [3.8, 4) is 11.5 Å². The molecule has 0 aromatic heterocycles. The van der Waals surface area contributed by atoms with Gasteiger partial charge in [-0.15, -0.1) is 0 Å². The number of benzene rings is 1. The summed E-state index contributed by atoms with van der Waals surface area (Å²) in [6.45, 7) is 4.55. The van der Waals surface area contributed by atoms with Crippen LogP contribution in [-0.4, -0.2) is 48.7 Å². The molecule has 3 fully saturated rings. The Bertz CT molecular complexity index is 1030. The standard InChI is InChI=1S/C28H39FN2O6/c1-27(10-5-11-27)16-30-24(32)18-6-4-7-21(18)31-25(33)19-14-23(20(29)15-22(19)36-3)37-17-8-12-28(2,13-9-17)26(34)35/h14-15,17-18,21H,4-13,16H2,1-3H3,(H,30,32)(H,31,33)(H,34,35)/t17-,18-,21+,28+/m0/s1. The normalized spacial score (nSPS) is 28.6. The first kappa shape index (κ1) is 27.2. The van der Waals surface area contributed by atoms with Crippen molar-refractivity contribution in [1.29, 1.82) is 0 Å². The number of rotatable bonds is 9.